The molecule has 0 heterocycles. The molecule has 124 valence electrons. The van der Waals surface area contributed by atoms with Gasteiger partial charge >= 0.3 is 0 Å². The molecule has 0 N–H and O–H groups in total. The minimum absolute atomic E-state index is 0.0910. The molecule has 22 heavy (non-hydrogen) atoms. The molecular formula is C13H20N2O6S. The molecule has 0 fully saturated rings. The van der Waals surface area contributed by atoms with Crippen LogP contribution >= 0.6 is 0 Å². The van der Waals surface area contributed by atoms with Gasteiger partial charge in [0.05, 0.1) is 18.1 Å². The van der Waals surface area contributed by atoms with E-state index in [0.717, 1.165) is 4.31 Å². The monoisotopic (exact) mass is 332 g/mol. The van der Waals surface area contributed by atoms with Crippen molar-refractivity contribution in [2.75, 3.05) is 40.5 Å². The molecule has 0 radical (unpaired) electrons. The molecule has 0 aromatic heterocycles. The van der Waals surface area contributed by atoms with Crippen LogP contribution in [0.25, 0.3) is 0 Å². The molecule has 0 aliphatic rings. The van der Waals surface area contributed by atoms with E-state index in [4.69, 9.17) is 9.47 Å². The smallest absolute Gasteiger partial charge is 0.289 e. The third-order valence-electron chi connectivity index (χ3n) is 3.08. The number of hydrogen-bond acceptors (Lipinski definition) is 6. The van der Waals surface area contributed by atoms with Crippen molar-refractivity contribution < 1.29 is 22.8 Å². The summed E-state index contributed by atoms with van der Waals surface area (Å²) < 4.78 is 36.6. The topological polar surface area (TPSA) is 99.0 Å². The number of ether oxygens (including phenoxy) is 2. The number of nitro groups is 1. The van der Waals surface area contributed by atoms with Gasteiger partial charge in [-0.25, -0.2) is 8.42 Å². The Morgan fingerprint density at radius 2 is 1.73 bits per heavy atom. The van der Waals surface area contributed by atoms with E-state index in [-0.39, 0.29) is 31.2 Å². The predicted molar refractivity (Wildman–Crippen MR) is 80.3 cm³/mol. The van der Waals surface area contributed by atoms with E-state index < -0.39 is 20.6 Å². The molecule has 9 heteroatoms. The van der Waals surface area contributed by atoms with Crippen LogP contribution in [0.5, 0.6) is 0 Å². The molecule has 0 amide bonds. The summed E-state index contributed by atoms with van der Waals surface area (Å²) >= 11 is 0. The molecule has 0 aliphatic carbocycles. The third-order valence-corrected chi connectivity index (χ3v) is 5.17. The number of methoxy groups -OCH3 is 2. The van der Waals surface area contributed by atoms with Crippen LogP contribution in [-0.2, 0) is 19.5 Å². The van der Waals surface area contributed by atoms with Gasteiger partial charge in [0.2, 0.25) is 10.0 Å². The summed E-state index contributed by atoms with van der Waals surface area (Å²) in [5, 5.41) is 11.1. The van der Waals surface area contributed by atoms with Crippen LogP contribution in [0.3, 0.4) is 0 Å². The van der Waals surface area contributed by atoms with Crippen molar-refractivity contribution in [3.05, 3.63) is 33.9 Å². The lowest BCUT2D eigenvalue weighted by Gasteiger charge is -2.22. The second kappa shape index (κ2) is 8.18. The predicted octanol–water partition coefficient (Wildman–Crippen LogP) is 1.19. The van der Waals surface area contributed by atoms with Crippen LogP contribution in [-0.4, -0.2) is 58.2 Å². The van der Waals surface area contributed by atoms with Crippen molar-refractivity contribution in [1.29, 1.82) is 0 Å². The van der Waals surface area contributed by atoms with Gasteiger partial charge in [-0.3, -0.25) is 10.1 Å². The van der Waals surface area contributed by atoms with Crippen molar-refractivity contribution in [2.24, 2.45) is 0 Å². The SMILES string of the molecule is COCCN(CCOC)S(=O)(=O)c1c(C)cccc1[N+](=O)[O-]. The summed E-state index contributed by atoms with van der Waals surface area (Å²) in [5.41, 5.74) is -0.103. The summed E-state index contributed by atoms with van der Waals surface area (Å²) in [5.74, 6) is 0. The van der Waals surface area contributed by atoms with Crippen LogP contribution in [0.2, 0.25) is 0 Å². The van der Waals surface area contributed by atoms with Gasteiger partial charge in [-0.15, -0.1) is 0 Å². The Bertz CT molecular complexity index is 609. The van der Waals surface area contributed by atoms with Gasteiger partial charge in [0.15, 0.2) is 4.90 Å². The average Bonchev–Trinajstić information content (AvgIpc) is 2.46. The maximum absolute atomic E-state index is 12.8. The van der Waals surface area contributed by atoms with Gasteiger partial charge in [0.1, 0.15) is 0 Å². The molecule has 0 spiro atoms. The molecule has 0 atom stereocenters. The number of benzene rings is 1. The lowest BCUT2D eigenvalue weighted by Crippen LogP contribution is -2.37. The lowest BCUT2D eigenvalue weighted by atomic mass is 10.2. The quantitative estimate of drug-likeness (QED) is 0.497. The standard InChI is InChI=1S/C13H20N2O6S/c1-11-5-4-6-12(15(16)17)13(11)22(18,19)14(7-9-20-2)8-10-21-3/h4-6H,7-10H2,1-3H3. The second-order valence-corrected chi connectivity index (χ2v) is 6.44. The van der Waals surface area contributed by atoms with Gasteiger partial charge in [-0.05, 0) is 12.5 Å². The fourth-order valence-corrected chi connectivity index (χ4v) is 3.75. The van der Waals surface area contributed by atoms with E-state index in [1.165, 1.54) is 39.3 Å². The highest BCUT2D eigenvalue weighted by Gasteiger charge is 2.32. The van der Waals surface area contributed by atoms with Crippen LogP contribution in [0, 0.1) is 17.0 Å². The Balaban J connectivity index is 3.32. The Morgan fingerprint density at radius 1 is 1.18 bits per heavy atom. The minimum Gasteiger partial charge on any atom is -0.383 e. The average molecular weight is 332 g/mol. The van der Waals surface area contributed by atoms with E-state index in [1.807, 2.05) is 0 Å². The molecule has 0 saturated heterocycles. The van der Waals surface area contributed by atoms with E-state index in [1.54, 1.807) is 0 Å². The summed E-state index contributed by atoms with van der Waals surface area (Å²) in [6.07, 6.45) is 0. The highest BCUT2D eigenvalue weighted by Crippen LogP contribution is 2.29. The van der Waals surface area contributed by atoms with Crippen LogP contribution in [0.1, 0.15) is 5.56 Å². The molecule has 1 rings (SSSR count). The number of nitro benzene ring substituents is 1. The number of nitrogens with zero attached hydrogens (tertiary/aromatic N) is 2. The Morgan fingerprint density at radius 3 is 2.18 bits per heavy atom. The van der Waals surface area contributed by atoms with Gasteiger partial charge in [-0.2, -0.15) is 4.31 Å². The molecule has 0 unspecified atom stereocenters. The normalized spacial score (nSPS) is 11.8. The maximum Gasteiger partial charge on any atom is 0.289 e. The third kappa shape index (κ3) is 4.23. The fraction of sp³-hybridized carbons (Fsp3) is 0.538. The first-order chi connectivity index (χ1) is 10.4. The first-order valence-corrected chi connectivity index (χ1v) is 8.02. The first kappa shape index (κ1) is 18.5. The van der Waals surface area contributed by atoms with Crippen molar-refractivity contribution >= 4 is 15.7 Å². The van der Waals surface area contributed by atoms with E-state index in [0.29, 0.717) is 5.56 Å². The summed E-state index contributed by atoms with van der Waals surface area (Å²) in [6.45, 7) is 2.08. The molecule has 0 aliphatic heterocycles. The number of hydrogen-bond donors (Lipinski definition) is 0. The first-order valence-electron chi connectivity index (χ1n) is 6.58. The second-order valence-electron chi connectivity index (χ2n) is 4.57. The van der Waals surface area contributed by atoms with Gasteiger partial charge in [-0.1, -0.05) is 12.1 Å². The number of sulfonamides is 1. The largest absolute Gasteiger partial charge is 0.383 e. The van der Waals surface area contributed by atoms with Crippen molar-refractivity contribution in [3.63, 3.8) is 0 Å². The molecule has 8 nitrogen and oxygen atoms in total. The van der Waals surface area contributed by atoms with Crippen molar-refractivity contribution in [2.45, 2.75) is 11.8 Å². The van der Waals surface area contributed by atoms with E-state index in [2.05, 4.69) is 0 Å². The zero-order valence-corrected chi connectivity index (χ0v) is 13.6. The fourth-order valence-electron chi connectivity index (χ4n) is 1.98. The molecule has 1 aromatic rings. The number of rotatable bonds is 9. The summed E-state index contributed by atoms with van der Waals surface area (Å²) in [7, 11) is -1.11. The van der Waals surface area contributed by atoms with Gasteiger partial charge in [0.25, 0.3) is 5.69 Å². The Labute approximate surface area is 129 Å². The lowest BCUT2D eigenvalue weighted by molar-refractivity contribution is -0.387. The van der Waals surface area contributed by atoms with Gasteiger partial charge < -0.3 is 9.47 Å². The number of aryl methyl sites for hydroxylation is 1. The van der Waals surface area contributed by atoms with Crippen molar-refractivity contribution in [3.8, 4) is 0 Å². The van der Waals surface area contributed by atoms with Crippen molar-refractivity contribution in [1.82, 2.24) is 4.31 Å². The Kier molecular flexibility index (Phi) is 6.88. The van der Waals surface area contributed by atoms with Crippen LogP contribution in [0.15, 0.2) is 23.1 Å². The van der Waals surface area contributed by atoms with E-state index in [9.17, 15) is 18.5 Å². The van der Waals surface area contributed by atoms with E-state index >= 15 is 0 Å². The van der Waals surface area contributed by atoms with Crippen LogP contribution < -0.4 is 0 Å². The molecule has 0 bridgehead atoms. The van der Waals surface area contributed by atoms with Gasteiger partial charge in [0, 0.05) is 33.4 Å². The minimum atomic E-state index is -4.02. The zero-order valence-electron chi connectivity index (χ0n) is 12.8. The summed E-state index contributed by atoms with van der Waals surface area (Å²) in [4.78, 5) is 10.2. The molecular weight excluding hydrogens is 312 g/mol. The maximum atomic E-state index is 12.8. The zero-order chi connectivity index (χ0) is 16.8. The Hall–Kier alpha value is -1.55. The highest BCUT2D eigenvalue weighted by molar-refractivity contribution is 7.89. The van der Waals surface area contributed by atoms with Crippen LogP contribution in [0.4, 0.5) is 5.69 Å². The highest BCUT2D eigenvalue weighted by atomic mass is 32.2. The molecule has 0 saturated carbocycles. The summed E-state index contributed by atoms with van der Waals surface area (Å²) in [6, 6.07) is 4.18. The molecule has 1 aromatic carbocycles.